The number of non-ortho nitro benzene ring substituents is 1. The number of amides is 1. The molecule has 0 aromatic heterocycles. The normalized spacial score (nSPS) is 10.9. The van der Waals surface area contributed by atoms with Gasteiger partial charge in [-0.2, -0.15) is 5.26 Å². The first kappa shape index (κ1) is 25.4. The van der Waals surface area contributed by atoms with Gasteiger partial charge in [0.1, 0.15) is 24.1 Å². The van der Waals surface area contributed by atoms with E-state index < -0.39 is 16.6 Å². The molecule has 10 heteroatoms. The minimum atomic E-state index is -0.654. The number of ether oxygens (including phenoxy) is 2. The molecule has 1 amide bonds. The van der Waals surface area contributed by atoms with Crippen LogP contribution in [0.15, 0.2) is 70.7 Å². The summed E-state index contributed by atoms with van der Waals surface area (Å²) < 4.78 is 25.1. The van der Waals surface area contributed by atoms with Gasteiger partial charge in [-0.15, -0.1) is 0 Å². The van der Waals surface area contributed by atoms with Crippen molar-refractivity contribution in [2.75, 3.05) is 11.9 Å². The molecule has 0 fully saturated rings. The zero-order valence-electron chi connectivity index (χ0n) is 18.5. The minimum Gasteiger partial charge on any atom is -0.490 e. The van der Waals surface area contributed by atoms with Gasteiger partial charge in [-0.1, -0.05) is 12.1 Å². The summed E-state index contributed by atoms with van der Waals surface area (Å²) >= 11 is 3.43. The summed E-state index contributed by atoms with van der Waals surface area (Å²) in [5.41, 5.74) is 1.22. The molecule has 3 aromatic carbocycles. The van der Waals surface area contributed by atoms with Crippen molar-refractivity contribution < 1.29 is 23.6 Å². The number of halogens is 2. The fraction of sp³-hybridized carbons (Fsp3) is 0.120. The van der Waals surface area contributed by atoms with E-state index in [0.29, 0.717) is 39.4 Å². The molecule has 8 nitrogen and oxygen atoms in total. The maximum atomic E-state index is 13.1. The van der Waals surface area contributed by atoms with Crippen LogP contribution in [-0.2, 0) is 11.4 Å². The van der Waals surface area contributed by atoms with Crippen molar-refractivity contribution in [3.8, 4) is 17.6 Å². The summed E-state index contributed by atoms with van der Waals surface area (Å²) in [7, 11) is 0. The third-order valence-corrected chi connectivity index (χ3v) is 5.20. The fourth-order valence-electron chi connectivity index (χ4n) is 3.04. The molecule has 0 aliphatic heterocycles. The van der Waals surface area contributed by atoms with Gasteiger partial charge in [0, 0.05) is 17.8 Å². The zero-order chi connectivity index (χ0) is 25.4. The van der Waals surface area contributed by atoms with E-state index in [4.69, 9.17) is 9.47 Å². The summed E-state index contributed by atoms with van der Waals surface area (Å²) in [4.78, 5) is 23.0. The lowest BCUT2D eigenvalue weighted by Crippen LogP contribution is -2.13. The lowest BCUT2D eigenvalue weighted by atomic mass is 10.1. The van der Waals surface area contributed by atoms with Crippen LogP contribution in [0.3, 0.4) is 0 Å². The molecule has 0 saturated carbocycles. The molecule has 0 aliphatic carbocycles. The number of nitrogens with one attached hydrogen (secondary N) is 1. The molecule has 0 bridgehead atoms. The predicted octanol–water partition coefficient (Wildman–Crippen LogP) is 6.02. The van der Waals surface area contributed by atoms with E-state index in [-0.39, 0.29) is 17.9 Å². The second-order valence-corrected chi connectivity index (χ2v) is 7.96. The second-order valence-electron chi connectivity index (χ2n) is 7.11. The van der Waals surface area contributed by atoms with E-state index in [9.17, 15) is 24.6 Å². The summed E-state index contributed by atoms with van der Waals surface area (Å²) in [6, 6.07) is 16.4. The molecule has 3 aromatic rings. The van der Waals surface area contributed by atoms with E-state index >= 15 is 0 Å². The number of nitro groups is 1. The smallest absolute Gasteiger partial charge is 0.269 e. The molecule has 1 N–H and O–H groups in total. The maximum Gasteiger partial charge on any atom is 0.269 e. The third kappa shape index (κ3) is 6.88. The van der Waals surface area contributed by atoms with Gasteiger partial charge in [0.05, 0.1) is 16.0 Å². The van der Waals surface area contributed by atoms with Crippen LogP contribution >= 0.6 is 15.9 Å². The van der Waals surface area contributed by atoms with Crippen LogP contribution in [0.25, 0.3) is 6.08 Å². The van der Waals surface area contributed by atoms with Crippen LogP contribution in [0.5, 0.6) is 11.5 Å². The SMILES string of the molecule is CCOc1cc(/C=C(\C#N)C(=O)Nc2ccc(F)cc2)cc(Br)c1OCc1cccc([N+](=O)[O-])c1. The highest BCUT2D eigenvalue weighted by atomic mass is 79.9. The molecule has 178 valence electrons. The van der Waals surface area contributed by atoms with Crippen LogP contribution in [-0.4, -0.2) is 17.4 Å². The van der Waals surface area contributed by atoms with Gasteiger partial charge in [0.25, 0.3) is 11.6 Å². The zero-order valence-corrected chi connectivity index (χ0v) is 20.0. The number of anilines is 1. The van der Waals surface area contributed by atoms with Crippen molar-refractivity contribution in [3.63, 3.8) is 0 Å². The molecule has 0 spiro atoms. The number of carbonyl (C=O) groups is 1. The Balaban J connectivity index is 1.84. The fourth-order valence-corrected chi connectivity index (χ4v) is 3.61. The van der Waals surface area contributed by atoms with Crippen molar-refractivity contribution in [2.24, 2.45) is 0 Å². The topological polar surface area (TPSA) is 114 Å². The first-order valence-corrected chi connectivity index (χ1v) is 11.1. The number of hydrogen-bond acceptors (Lipinski definition) is 6. The van der Waals surface area contributed by atoms with Gasteiger partial charge < -0.3 is 14.8 Å². The van der Waals surface area contributed by atoms with E-state index in [0.717, 1.165) is 0 Å². The average Bonchev–Trinajstić information content (AvgIpc) is 2.83. The van der Waals surface area contributed by atoms with E-state index in [1.807, 2.05) is 6.07 Å². The Labute approximate surface area is 208 Å². The Morgan fingerprint density at radius 2 is 1.94 bits per heavy atom. The number of rotatable bonds is 9. The van der Waals surface area contributed by atoms with Gasteiger partial charge in [0.15, 0.2) is 11.5 Å². The van der Waals surface area contributed by atoms with Gasteiger partial charge in [-0.3, -0.25) is 14.9 Å². The largest absolute Gasteiger partial charge is 0.490 e. The van der Waals surface area contributed by atoms with Crippen LogP contribution in [0.4, 0.5) is 15.8 Å². The predicted molar refractivity (Wildman–Crippen MR) is 131 cm³/mol. The third-order valence-electron chi connectivity index (χ3n) is 4.61. The molecule has 0 saturated heterocycles. The average molecular weight is 540 g/mol. The molecule has 0 unspecified atom stereocenters. The van der Waals surface area contributed by atoms with Gasteiger partial charge in [0.2, 0.25) is 0 Å². The van der Waals surface area contributed by atoms with Crippen molar-refractivity contribution in [1.82, 2.24) is 0 Å². The highest BCUT2D eigenvalue weighted by molar-refractivity contribution is 9.10. The number of benzene rings is 3. The van der Waals surface area contributed by atoms with E-state index in [1.54, 1.807) is 31.2 Å². The first-order chi connectivity index (χ1) is 16.8. The van der Waals surface area contributed by atoms with Crippen molar-refractivity contribution in [3.05, 3.63) is 97.8 Å². The van der Waals surface area contributed by atoms with E-state index in [1.165, 1.54) is 42.5 Å². The molecular formula is C25H19BrFN3O5. The van der Waals surface area contributed by atoms with Crippen molar-refractivity contribution >= 4 is 39.3 Å². The minimum absolute atomic E-state index is 0.0429. The summed E-state index contributed by atoms with van der Waals surface area (Å²) in [6.07, 6.45) is 1.39. The Morgan fingerprint density at radius 3 is 2.60 bits per heavy atom. The van der Waals surface area contributed by atoms with E-state index in [2.05, 4.69) is 21.2 Å². The van der Waals surface area contributed by atoms with Crippen molar-refractivity contribution in [1.29, 1.82) is 5.26 Å². The summed E-state index contributed by atoms with van der Waals surface area (Å²) in [5, 5.41) is 23.0. The molecule has 0 atom stereocenters. The summed E-state index contributed by atoms with van der Waals surface area (Å²) in [6.45, 7) is 2.17. The van der Waals surface area contributed by atoms with Crippen LogP contribution in [0, 0.1) is 27.3 Å². The standard InChI is InChI=1S/C25H19BrFN3O5/c1-2-34-23-13-17(10-18(14-28)25(31)29-20-8-6-19(27)7-9-20)12-22(26)24(23)35-15-16-4-3-5-21(11-16)30(32)33/h3-13H,2,15H2,1H3,(H,29,31)/b18-10+. The molecular weight excluding hydrogens is 521 g/mol. The first-order valence-electron chi connectivity index (χ1n) is 10.3. The van der Waals surface area contributed by atoms with Crippen LogP contribution < -0.4 is 14.8 Å². The number of nitrogens with zero attached hydrogens (tertiary/aromatic N) is 2. The Bertz CT molecular complexity index is 1320. The summed E-state index contributed by atoms with van der Waals surface area (Å²) in [5.74, 6) is -0.376. The number of carbonyl (C=O) groups excluding carboxylic acids is 1. The second kappa shape index (κ2) is 11.8. The van der Waals surface area contributed by atoms with Crippen LogP contribution in [0.2, 0.25) is 0 Å². The van der Waals surface area contributed by atoms with Crippen molar-refractivity contribution in [2.45, 2.75) is 13.5 Å². The van der Waals surface area contributed by atoms with Crippen LogP contribution in [0.1, 0.15) is 18.1 Å². The Hall–Kier alpha value is -4.23. The molecule has 3 rings (SSSR count). The lowest BCUT2D eigenvalue weighted by molar-refractivity contribution is -0.384. The monoisotopic (exact) mass is 539 g/mol. The molecule has 0 radical (unpaired) electrons. The quantitative estimate of drug-likeness (QED) is 0.154. The number of nitro benzene ring substituents is 1. The highest BCUT2D eigenvalue weighted by Gasteiger charge is 2.15. The molecule has 0 aliphatic rings. The van der Waals surface area contributed by atoms with Gasteiger partial charge >= 0.3 is 0 Å². The Morgan fingerprint density at radius 1 is 1.20 bits per heavy atom. The number of hydrogen-bond donors (Lipinski definition) is 1. The Kier molecular flexibility index (Phi) is 8.53. The lowest BCUT2D eigenvalue weighted by Gasteiger charge is -2.15. The molecule has 0 heterocycles. The molecule has 35 heavy (non-hydrogen) atoms. The van der Waals surface area contributed by atoms with Gasteiger partial charge in [-0.25, -0.2) is 4.39 Å². The highest BCUT2D eigenvalue weighted by Crippen LogP contribution is 2.38. The van der Waals surface area contributed by atoms with Gasteiger partial charge in [-0.05, 0) is 76.5 Å². The number of nitriles is 1. The maximum absolute atomic E-state index is 13.1.